The van der Waals surface area contributed by atoms with Gasteiger partial charge in [0.05, 0.1) is 5.69 Å². The van der Waals surface area contributed by atoms with Crippen LogP contribution in [0.25, 0.3) is 21.5 Å². The number of hydrogen-bond acceptors (Lipinski definition) is 5. The number of phenols is 1. The fraction of sp³-hybridized carbons (Fsp3) is 0.250. The molecular weight excluding hydrogens is 282 g/mol. The van der Waals surface area contributed by atoms with Crippen molar-refractivity contribution in [1.82, 2.24) is 10.2 Å². The van der Waals surface area contributed by atoms with Crippen LogP contribution in [0.2, 0.25) is 0 Å². The molecule has 3 aromatic rings. The average molecular weight is 297 g/mol. The molecule has 1 aliphatic rings. The van der Waals surface area contributed by atoms with Crippen molar-refractivity contribution in [3.63, 3.8) is 0 Å². The van der Waals surface area contributed by atoms with E-state index < -0.39 is 0 Å². The lowest BCUT2D eigenvalue weighted by Crippen LogP contribution is -2.26. The van der Waals surface area contributed by atoms with Gasteiger partial charge in [-0.05, 0) is 43.0 Å². The van der Waals surface area contributed by atoms with Gasteiger partial charge < -0.3 is 10.8 Å². The molecule has 1 atom stereocenters. The molecule has 0 fully saturated rings. The second-order valence-electron chi connectivity index (χ2n) is 5.47. The van der Waals surface area contributed by atoms with Crippen LogP contribution in [0.5, 0.6) is 5.75 Å². The molecule has 0 unspecified atom stereocenters. The summed E-state index contributed by atoms with van der Waals surface area (Å²) in [4.78, 5) is 2.35. The minimum atomic E-state index is 0.229. The number of aryl methyl sites for hydroxylation is 1. The number of nitrogens with two attached hydrogens (primary N) is 1. The number of fused-ring (bicyclic) bond motifs is 3. The summed E-state index contributed by atoms with van der Waals surface area (Å²) in [6.07, 6.45) is 2.98. The number of para-hydroxylation sites is 1. The lowest BCUT2D eigenvalue weighted by atomic mass is 9.93. The summed E-state index contributed by atoms with van der Waals surface area (Å²) >= 11 is 1.72. The molecule has 4 nitrogen and oxygen atoms in total. The fourth-order valence-electron chi connectivity index (χ4n) is 2.93. The van der Waals surface area contributed by atoms with Gasteiger partial charge in [0.1, 0.15) is 10.6 Å². The third kappa shape index (κ3) is 2.09. The van der Waals surface area contributed by atoms with E-state index in [-0.39, 0.29) is 11.8 Å². The highest BCUT2D eigenvalue weighted by Gasteiger charge is 2.22. The van der Waals surface area contributed by atoms with Crippen LogP contribution in [0.15, 0.2) is 30.3 Å². The van der Waals surface area contributed by atoms with Crippen molar-refractivity contribution in [1.29, 1.82) is 0 Å². The maximum atomic E-state index is 9.98. The Balaban J connectivity index is 1.90. The van der Waals surface area contributed by atoms with Gasteiger partial charge in [-0.2, -0.15) is 0 Å². The molecule has 2 aromatic heterocycles. The minimum absolute atomic E-state index is 0.229. The first kappa shape index (κ1) is 12.7. The van der Waals surface area contributed by atoms with Crippen LogP contribution in [0.1, 0.15) is 16.9 Å². The summed E-state index contributed by atoms with van der Waals surface area (Å²) in [5.41, 5.74) is 8.84. The molecule has 0 saturated heterocycles. The van der Waals surface area contributed by atoms with E-state index in [2.05, 4.69) is 10.2 Å². The van der Waals surface area contributed by atoms with Gasteiger partial charge in [-0.1, -0.05) is 12.1 Å². The average Bonchev–Trinajstić information content (AvgIpc) is 2.85. The van der Waals surface area contributed by atoms with Crippen LogP contribution in [-0.4, -0.2) is 21.3 Å². The van der Waals surface area contributed by atoms with E-state index in [4.69, 9.17) is 5.73 Å². The van der Waals surface area contributed by atoms with Crippen molar-refractivity contribution in [2.24, 2.45) is 5.73 Å². The van der Waals surface area contributed by atoms with Crippen LogP contribution in [0.3, 0.4) is 0 Å². The van der Waals surface area contributed by atoms with Crippen molar-refractivity contribution in [2.75, 3.05) is 0 Å². The highest BCUT2D eigenvalue weighted by Crippen LogP contribution is 2.37. The Morgan fingerprint density at radius 3 is 2.95 bits per heavy atom. The normalized spacial score (nSPS) is 17.9. The molecule has 3 N–H and O–H groups in total. The topological polar surface area (TPSA) is 72.0 Å². The van der Waals surface area contributed by atoms with Crippen molar-refractivity contribution in [2.45, 2.75) is 25.3 Å². The molecule has 1 aromatic carbocycles. The summed E-state index contributed by atoms with van der Waals surface area (Å²) < 4.78 is 0. The zero-order valence-electron chi connectivity index (χ0n) is 11.4. The van der Waals surface area contributed by atoms with E-state index in [1.807, 2.05) is 18.2 Å². The standard InChI is InChI=1S/C16H15N3OS/c17-9-5-6-15-11(7-9)12-8-13(18-19-16(12)21-15)10-3-1-2-4-14(10)20/h1-4,8-9,20H,5-7,17H2/t9-/m0/s1. The number of nitrogens with zero attached hydrogens (tertiary/aromatic N) is 2. The van der Waals surface area contributed by atoms with Crippen LogP contribution < -0.4 is 5.73 Å². The molecule has 106 valence electrons. The van der Waals surface area contributed by atoms with Crippen LogP contribution in [-0.2, 0) is 12.8 Å². The molecule has 2 heterocycles. The predicted octanol–water partition coefficient (Wildman–Crippen LogP) is 2.88. The van der Waals surface area contributed by atoms with Gasteiger partial charge in [0.25, 0.3) is 0 Å². The number of hydrogen-bond donors (Lipinski definition) is 2. The first-order valence-electron chi connectivity index (χ1n) is 7.04. The van der Waals surface area contributed by atoms with E-state index in [1.54, 1.807) is 23.5 Å². The van der Waals surface area contributed by atoms with Gasteiger partial charge in [-0.3, -0.25) is 0 Å². The molecule has 0 radical (unpaired) electrons. The van der Waals surface area contributed by atoms with Gasteiger partial charge in [0.15, 0.2) is 0 Å². The molecule has 21 heavy (non-hydrogen) atoms. The Bertz CT molecular complexity index is 828. The highest BCUT2D eigenvalue weighted by atomic mass is 32.1. The third-order valence-corrected chi connectivity index (χ3v) is 5.22. The van der Waals surface area contributed by atoms with E-state index >= 15 is 0 Å². The van der Waals surface area contributed by atoms with Crippen molar-refractivity contribution < 1.29 is 5.11 Å². The first-order chi connectivity index (χ1) is 10.2. The monoisotopic (exact) mass is 297 g/mol. The number of benzene rings is 1. The Morgan fingerprint density at radius 1 is 1.24 bits per heavy atom. The van der Waals surface area contributed by atoms with E-state index in [9.17, 15) is 5.11 Å². The van der Waals surface area contributed by atoms with Gasteiger partial charge in [0, 0.05) is 21.9 Å². The first-order valence-corrected chi connectivity index (χ1v) is 7.86. The van der Waals surface area contributed by atoms with Gasteiger partial charge in [-0.15, -0.1) is 21.5 Å². The van der Waals surface area contributed by atoms with Crippen molar-refractivity contribution in [3.05, 3.63) is 40.8 Å². The molecule has 0 saturated carbocycles. The molecule has 0 amide bonds. The maximum absolute atomic E-state index is 9.98. The summed E-state index contributed by atoms with van der Waals surface area (Å²) in [7, 11) is 0. The molecule has 4 rings (SSSR count). The molecule has 5 heteroatoms. The fourth-order valence-corrected chi connectivity index (χ4v) is 4.07. The number of aromatic nitrogens is 2. The van der Waals surface area contributed by atoms with Gasteiger partial charge in [0.2, 0.25) is 0 Å². The lowest BCUT2D eigenvalue weighted by Gasteiger charge is -2.17. The SMILES string of the molecule is N[C@H]1CCc2sc3nnc(-c4ccccc4O)cc3c2C1. The van der Waals surface area contributed by atoms with E-state index in [1.165, 1.54) is 10.4 Å². The second-order valence-corrected chi connectivity index (χ2v) is 6.56. The Hall–Kier alpha value is -1.98. The van der Waals surface area contributed by atoms with Crippen molar-refractivity contribution >= 4 is 21.6 Å². The van der Waals surface area contributed by atoms with E-state index in [0.717, 1.165) is 29.5 Å². The molecular formula is C16H15N3OS. The molecule has 0 bridgehead atoms. The van der Waals surface area contributed by atoms with Gasteiger partial charge >= 0.3 is 0 Å². The Kier molecular flexibility index (Phi) is 2.90. The van der Waals surface area contributed by atoms with E-state index in [0.29, 0.717) is 11.3 Å². The largest absolute Gasteiger partial charge is 0.507 e. The summed E-state index contributed by atoms with van der Waals surface area (Å²) in [6.45, 7) is 0. The number of thiophene rings is 1. The Morgan fingerprint density at radius 2 is 2.10 bits per heavy atom. The maximum Gasteiger partial charge on any atom is 0.146 e. The van der Waals surface area contributed by atoms with Crippen LogP contribution >= 0.6 is 11.3 Å². The summed E-state index contributed by atoms with van der Waals surface area (Å²) in [6, 6.07) is 9.48. The van der Waals surface area contributed by atoms with Crippen molar-refractivity contribution in [3.8, 4) is 17.0 Å². The molecule has 1 aliphatic carbocycles. The van der Waals surface area contributed by atoms with Gasteiger partial charge in [-0.25, -0.2) is 0 Å². The quantitative estimate of drug-likeness (QED) is 0.724. The predicted molar refractivity (Wildman–Crippen MR) is 84.5 cm³/mol. The zero-order valence-corrected chi connectivity index (χ0v) is 12.2. The van der Waals surface area contributed by atoms with Crippen LogP contribution in [0, 0.1) is 0 Å². The zero-order chi connectivity index (χ0) is 14.4. The Labute approximate surface area is 126 Å². The minimum Gasteiger partial charge on any atom is -0.507 e. The molecule has 0 aliphatic heterocycles. The number of phenolic OH excluding ortho intramolecular Hbond substituents is 1. The molecule has 0 spiro atoms. The van der Waals surface area contributed by atoms with Crippen LogP contribution in [0.4, 0.5) is 0 Å². The smallest absolute Gasteiger partial charge is 0.146 e. The summed E-state index contributed by atoms with van der Waals surface area (Å²) in [5.74, 6) is 0.229. The number of rotatable bonds is 1. The highest BCUT2D eigenvalue weighted by molar-refractivity contribution is 7.18. The second kappa shape index (κ2) is 4.79. The summed E-state index contributed by atoms with van der Waals surface area (Å²) in [5, 5.41) is 19.7. The number of aromatic hydroxyl groups is 1. The lowest BCUT2D eigenvalue weighted by molar-refractivity contribution is 0.477. The third-order valence-electron chi connectivity index (χ3n) is 4.03.